The smallest absolute Gasteiger partial charge is 0.323 e. The zero-order valence-corrected chi connectivity index (χ0v) is 46.3. The molecule has 73 heavy (non-hydrogen) atoms. The van der Waals surface area contributed by atoms with Crippen molar-refractivity contribution in [2.24, 2.45) is 0 Å². The van der Waals surface area contributed by atoms with Gasteiger partial charge >= 0.3 is 29.8 Å². The Morgan fingerprint density at radius 3 is 1.27 bits per heavy atom. The Kier molecular flexibility index (Phi) is 29.8. The van der Waals surface area contributed by atoms with E-state index >= 15 is 0 Å². The standard InChI is InChI=1S/C53H91N5O15/c1-50(2,3)70-46(61)38-55-22-24-56(39-47(62)71-51(4,5)6)26-28-58(29-27-57(25-23-55)40-48(63)72-52(7,8)9)43(49(64)73-53(10,11)12)18-19-44(59)54-21-31-66-33-35-68-37-36-67-34-32-65-30-20-45(60)69-41-42-16-14-13-15-17-42/h13-17,43H,18-41H2,1-12H3,(H,54,59)/t43-/m1/s1. The third kappa shape index (κ3) is 34.8. The van der Waals surface area contributed by atoms with Crippen LogP contribution in [0.1, 0.15) is 108 Å². The molecule has 0 radical (unpaired) electrons. The molecule has 1 heterocycles. The molecule has 1 fully saturated rings. The first-order chi connectivity index (χ1) is 34.2. The molecule has 0 aromatic heterocycles. The quantitative estimate of drug-likeness (QED) is 0.0713. The summed E-state index contributed by atoms with van der Waals surface area (Å²) in [6.07, 6.45) is 0.309. The second-order valence-corrected chi connectivity index (χ2v) is 21.9. The fourth-order valence-corrected chi connectivity index (χ4v) is 7.17. The highest BCUT2D eigenvalue weighted by atomic mass is 16.6. The molecule has 0 saturated carbocycles. The molecule has 1 amide bonds. The van der Waals surface area contributed by atoms with Crippen molar-refractivity contribution in [3.63, 3.8) is 0 Å². The lowest BCUT2D eigenvalue weighted by atomic mass is 10.1. The minimum atomic E-state index is -0.852. The highest BCUT2D eigenvalue weighted by Crippen LogP contribution is 2.18. The van der Waals surface area contributed by atoms with Gasteiger partial charge in [-0.2, -0.15) is 0 Å². The number of ether oxygens (including phenoxy) is 9. The van der Waals surface area contributed by atoms with Gasteiger partial charge in [0.15, 0.2) is 0 Å². The van der Waals surface area contributed by atoms with Crippen molar-refractivity contribution in [3.05, 3.63) is 35.9 Å². The van der Waals surface area contributed by atoms with Gasteiger partial charge < -0.3 is 47.9 Å². The number of esters is 5. The maximum absolute atomic E-state index is 14.1. The van der Waals surface area contributed by atoms with Gasteiger partial charge in [0.1, 0.15) is 35.1 Å². The van der Waals surface area contributed by atoms with E-state index in [1.807, 2.05) is 70.7 Å². The van der Waals surface area contributed by atoms with E-state index in [0.29, 0.717) is 92.0 Å². The second-order valence-electron chi connectivity index (χ2n) is 21.9. The molecule has 20 heteroatoms. The Morgan fingerprint density at radius 2 is 0.863 bits per heavy atom. The molecule has 1 aromatic rings. The van der Waals surface area contributed by atoms with Crippen molar-refractivity contribution in [1.29, 1.82) is 0 Å². The van der Waals surface area contributed by atoms with Crippen LogP contribution >= 0.6 is 0 Å². The zero-order valence-electron chi connectivity index (χ0n) is 46.3. The van der Waals surface area contributed by atoms with Crippen molar-refractivity contribution in [3.8, 4) is 0 Å². The van der Waals surface area contributed by atoms with E-state index in [1.54, 1.807) is 62.3 Å². The number of amides is 1. The van der Waals surface area contributed by atoms with Gasteiger partial charge in [-0.05, 0) is 95.1 Å². The number of benzene rings is 1. The van der Waals surface area contributed by atoms with Crippen LogP contribution in [0.2, 0.25) is 0 Å². The van der Waals surface area contributed by atoms with Crippen LogP contribution in [0, 0.1) is 0 Å². The number of nitrogens with one attached hydrogen (secondary N) is 1. The molecule has 1 aliphatic heterocycles. The maximum Gasteiger partial charge on any atom is 0.323 e. The molecular weight excluding hydrogens is 947 g/mol. The molecule has 0 bridgehead atoms. The van der Waals surface area contributed by atoms with Crippen LogP contribution in [0.3, 0.4) is 0 Å². The third-order valence-electron chi connectivity index (χ3n) is 10.3. The Labute approximate surface area is 435 Å². The van der Waals surface area contributed by atoms with Crippen LogP contribution in [-0.2, 0) is 78.0 Å². The van der Waals surface area contributed by atoms with Crippen molar-refractivity contribution in [2.45, 2.75) is 137 Å². The predicted molar refractivity (Wildman–Crippen MR) is 274 cm³/mol. The molecule has 1 aromatic carbocycles. The molecule has 1 atom stereocenters. The summed E-state index contributed by atoms with van der Waals surface area (Å²) < 4.78 is 50.4. The molecular formula is C53H91N5O15. The molecule has 0 unspecified atom stereocenters. The molecule has 1 saturated heterocycles. The zero-order chi connectivity index (χ0) is 54.5. The van der Waals surface area contributed by atoms with E-state index in [-0.39, 0.29) is 77.1 Å². The van der Waals surface area contributed by atoms with Gasteiger partial charge in [0.25, 0.3) is 0 Å². The van der Waals surface area contributed by atoms with Crippen LogP contribution < -0.4 is 5.32 Å². The van der Waals surface area contributed by atoms with E-state index in [0.717, 1.165) is 5.56 Å². The van der Waals surface area contributed by atoms with Gasteiger partial charge in [0.05, 0.1) is 78.9 Å². The van der Waals surface area contributed by atoms with Crippen molar-refractivity contribution < 1.29 is 71.4 Å². The largest absolute Gasteiger partial charge is 0.461 e. The molecule has 2 rings (SSSR count). The van der Waals surface area contributed by atoms with E-state index in [4.69, 9.17) is 42.6 Å². The molecule has 1 aliphatic rings. The summed E-state index contributed by atoms with van der Waals surface area (Å²) in [6, 6.07) is 8.62. The van der Waals surface area contributed by atoms with E-state index in [9.17, 15) is 28.8 Å². The average Bonchev–Trinajstić information content (AvgIpc) is 3.25. The fraction of sp³-hybridized carbons (Fsp3) is 0.774. The summed E-state index contributed by atoms with van der Waals surface area (Å²) in [7, 11) is 0. The minimum absolute atomic E-state index is 0.00214. The van der Waals surface area contributed by atoms with E-state index < -0.39 is 52.3 Å². The highest BCUT2D eigenvalue weighted by Gasteiger charge is 2.33. The number of hydrogen-bond acceptors (Lipinski definition) is 19. The fourth-order valence-electron chi connectivity index (χ4n) is 7.17. The number of rotatable bonds is 28. The van der Waals surface area contributed by atoms with Crippen LogP contribution in [0.15, 0.2) is 30.3 Å². The topological polar surface area (TPSA) is 210 Å². The summed E-state index contributed by atoms with van der Waals surface area (Å²) in [6.45, 7) is 27.4. The third-order valence-corrected chi connectivity index (χ3v) is 10.3. The van der Waals surface area contributed by atoms with Gasteiger partial charge in [0, 0.05) is 65.3 Å². The molecule has 0 aliphatic carbocycles. The maximum atomic E-state index is 14.1. The monoisotopic (exact) mass is 1040 g/mol. The van der Waals surface area contributed by atoms with Crippen molar-refractivity contribution in [2.75, 3.05) is 131 Å². The first-order valence-electron chi connectivity index (χ1n) is 25.7. The Balaban J connectivity index is 2.00. The summed E-state index contributed by atoms with van der Waals surface area (Å²) in [5.74, 6) is -2.31. The summed E-state index contributed by atoms with van der Waals surface area (Å²) >= 11 is 0. The average molecular weight is 1040 g/mol. The molecule has 0 spiro atoms. The van der Waals surface area contributed by atoms with Crippen LogP contribution in [-0.4, -0.2) is 215 Å². The van der Waals surface area contributed by atoms with Gasteiger partial charge in [-0.1, -0.05) is 30.3 Å². The number of carbonyl (C=O) groups excluding carboxylic acids is 6. The van der Waals surface area contributed by atoms with Gasteiger partial charge in [-0.15, -0.1) is 0 Å². The van der Waals surface area contributed by atoms with Gasteiger partial charge in [-0.3, -0.25) is 48.4 Å². The van der Waals surface area contributed by atoms with Crippen LogP contribution in [0.4, 0.5) is 0 Å². The Hall–Kier alpha value is -4.28. The summed E-state index contributed by atoms with van der Waals surface area (Å²) in [4.78, 5) is 86.7. The first kappa shape index (κ1) is 64.8. The predicted octanol–water partition coefficient (Wildman–Crippen LogP) is 4.04. The number of nitrogens with zero attached hydrogens (tertiary/aromatic N) is 4. The van der Waals surface area contributed by atoms with Crippen molar-refractivity contribution >= 4 is 35.8 Å². The second kappa shape index (κ2) is 33.6. The molecule has 1 N–H and O–H groups in total. The first-order valence-corrected chi connectivity index (χ1v) is 25.7. The van der Waals surface area contributed by atoms with E-state index in [2.05, 4.69) is 5.32 Å². The molecule has 20 nitrogen and oxygen atoms in total. The highest BCUT2D eigenvalue weighted by molar-refractivity contribution is 5.79. The van der Waals surface area contributed by atoms with Crippen molar-refractivity contribution in [1.82, 2.24) is 24.9 Å². The lowest BCUT2D eigenvalue weighted by Crippen LogP contribution is -2.53. The van der Waals surface area contributed by atoms with Gasteiger partial charge in [0.2, 0.25) is 5.91 Å². The SMILES string of the molecule is CC(C)(C)OC(=O)CN1CCN(CC(=O)OC(C)(C)C)CCN([C@H](CCC(=O)NCCOCCOCCOCCOCCC(=O)OCc2ccccc2)C(=O)OC(C)(C)C)CCN(CC(=O)OC(C)(C)C)CC1. The number of hydrogen-bond donors (Lipinski definition) is 1. The lowest BCUT2D eigenvalue weighted by Gasteiger charge is -2.37. The Morgan fingerprint density at radius 1 is 0.479 bits per heavy atom. The number of carbonyl (C=O) groups is 6. The van der Waals surface area contributed by atoms with Crippen LogP contribution in [0.25, 0.3) is 0 Å². The lowest BCUT2D eigenvalue weighted by molar-refractivity contribution is -0.163. The summed E-state index contributed by atoms with van der Waals surface area (Å²) in [5, 5.41) is 2.88. The Bertz CT molecular complexity index is 1730. The van der Waals surface area contributed by atoms with E-state index in [1.165, 1.54) is 0 Å². The molecule has 418 valence electrons. The van der Waals surface area contributed by atoms with Crippen LogP contribution in [0.5, 0.6) is 0 Å². The summed E-state index contributed by atoms with van der Waals surface area (Å²) in [5.41, 5.74) is -1.99. The normalized spacial score (nSPS) is 15.8. The minimum Gasteiger partial charge on any atom is -0.461 e. The van der Waals surface area contributed by atoms with Gasteiger partial charge in [-0.25, -0.2) is 0 Å².